The quantitative estimate of drug-likeness (QED) is 0.757. The third-order valence-electron chi connectivity index (χ3n) is 3.43. The third kappa shape index (κ3) is 1.77. The first kappa shape index (κ1) is 11.9. The molecule has 82 valence electrons. The van der Waals surface area contributed by atoms with E-state index in [4.69, 9.17) is 0 Å². The summed E-state index contributed by atoms with van der Waals surface area (Å²) in [7, 11) is 0. The Morgan fingerprint density at radius 2 is 2.29 bits per heavy atom. The molecule has 14 heavy (non-hydrogen) atoms. The zero-order valence-electron chi connectivity index (χ0n) is 8.75. The Bertz CT molecular complexity index is 223. The minimum atomic E-state index is -1.03. The molecule has 1 rings (SSSR count). The van der Waals surface area contributed by atoms with Gasteiger partial charge in [-0.25, -0.2) is 0 Å². The fourth-order valence-electron chi connectivity index (χ4n) is 1.89. The monoisotopic (exact) mass is 218 g/mol. The fourth-order valence-corrected chi connectivity index (χ4v) is 3.19. The number of hydrogen-bond donors (Lipinski definition) is 2. The number of aliphatic carboxylic acids is 1. The van der Waals surface area contributed by atoms with Gasteiger partial charge in [0.1, 0.15) is 0 Å². The summed E-state index contributed by atoms with van der Waals surface area (Å²) < 4.78 is 0. The van der Waals surface area contributed by atoms with Crippen molar-refractivity contribution in [3.05, 3.63) is 0 Å². The Labute approximate surface area is 88.9 Å². The van der Waals surface area contributed by atoms with E-state index in [2.05, 4.69) is 0 Å². The van der Waals surface area contributed by atoms with Gasteiger partial charge in [0.05, 0.1) is 11.0 Å². The van der Waals surface area contributed by atoms with Crippen LogP contribution in [0.25, 0.3) is 0 Å². The molecule has 3 nitrogen and oxygen atoms in total. The molecule has 0 aromatic carbocycles. The van der Waals surface area contributed by atoms with E-state index in [1.807, 2.05) is 6.92 Å². The summed E-state index contributed by atoms with van der Waals surface area (Å²) in [5.74, 6) is 0.691. The molecular formula is C10H18O3S. The molecule has 0 aromatic heterocycles. The highest BCUT2D eigenvalue weighted by Gasteiger charge is 2.51. The Balaban J connectivity index is 2.90. The molecule has 0 radical (unpaired) electrons. The zero-order chi connectivity index (χ0) is 10.8. The van der Waals surface area contributed by atoms with E-state index in [9.17, 15) is 15.0 Å². The van der Waals surface area contributed by atoms with Crippen molar-refractivity contribution in [2.75, 3.05) is 11.5 Å². The van der Waals surface area contributed by atoms with Crippen LogP contribution < -0.4 is 0 Å². The largest absolute Gasteiger partial charge is 0.481 e. The van der Waals surface area contributed by atoms with Crippen LogP contribution >= 0.6 is 11.8 Å². The Morgan fingerprint density at radius 1 is 1.64 bits per heavy atom. The van der Waals surface area contributed by atoms with Crippen LogP contribution in [0.15, 0.2) is 0 Å². The zero-order valence-corrected chi connectivity index (χ0v) is 9.56. The molecule has 1 aliphatic heterocycles. The first-order valence-electron chi connectivity index (χ1n) is 5.00. The van der Waals surface area contributed by atoms with Gasteiger partial charge >= 0.3 is 5.97 Å². The van der Waals surface area contributed by atoms with Crippen molar-refractivity contribution in [3.63, 3.8) is 0 Å². The third-order valence-corrected chi connectivity index (χ3v) is 4.69. The van der Waals surface area contributed by atoms with Crippen molar-refractivity contribution in [2.24, 2.45) is 5.41 Å². The smallest absolute Gasteiger partial charge is 0.312 e. The molecular weight excluding hydrogens is 200 g/mol. The standard InChI is InChI=1S/C10H18O3S/c1-3-9(2,8(11)12)10(13)5-4-6-14-7-10/h13H,3-7H2,1-2H3,(H,11,12). The summed E-state index contributed by atoms with van der Waals surface area (Å²) in [5.41, 5.74) is -2.03. The number of hydrogen-bond acceptors (Lipinski definition) is 3. The minimum Gasteiger partial charge on any atom is -0.481 e. The van der Waals surface area contributed by atoms with E-state index < -0.39 is 17.0 Å². The van der Waals surface area contributed by atoms with Crippen LogP contribution in [-0.2, 0) is 4.79 Å². The van der Waals surface area contributed by atoms with E-state index in [1.165, 1.54) is 0 Å². The molecule has 1 saturated heterocycles. The average Bonchev–Trinajstić information content (AvgIpc) is 2.17. The van der Waals surface area contributed by atoms with Crippen molar-refractivity contribution >= 4 is 17.7 Å². The van der Waals surface area contributed by atoms with E-state index >= 15 is 0 Å². The molecule has 1 fully saturated rings. The molecule has 2 atom stereocenters. The molecule has 0 saturated carbocycles. The summed E-state index contributed by atoms with van der Waals surface area (Å²) >= 11 is 1.65. The van der Waals surface area contributed by atoms with Crippen LogP contribution in [0.2, 0.25) is 0 Å². The number of thioether (sulfide) groups is 1. The predicted molar refractivity (Wildman–Crippen MR) is 57.5 cm³/mol. The van der Waals surface area contributed by atoms with Crippen molar-refractivity contribution in [1.29, 1.82) is 0 Å². The Kier molecular flexibility index (Phi) is 3.48. The highest BCUT2D eigenvalue weighted by molar-refractivity contribution is 7.99. The SMILES string of the molecule is CCC(C)(C(=O)O)C1(O)CCCSC1. The van der Waals surface area contributed by atoms with Crippen LogP contribution in [0.5, 0.6) is 0 Å². The molecule has 2 unspecified atom stereocenters. The van der Waals surface area contributed by atoms with Crippen LogP contribution in [0.1, 0.15) is 33.1 Å². The van der Waals surface area contributed by atoms with Crippen LogP contribution in [-0.4, -0.2) is 33.3 Å². The van der Waals surface area contributed by atoms with E-state index in [0.29, 0.717) is 18.6 Å². The lowest BCUT2D eigenvalue weighted by Crippen LogP contribution is -2.54. The molecule has 0 amide bonds. The summed E-state index contributed by atoms with van der Waals surface area (Å²) in [6.07, 6.45) is 1.99. The minimum absolute atomic E-state index is 0.472. The van der Waals surface area contributed by atoms with Gasteiger partial charge in [0.2, 0.25) is 0 Å². The predicted octanol–water partition coefficient (Wildman–Crippen LogP) is 1.75. The van der Waals surface area contributed by atoms with E-state index in [-0.39, 0.29) is 0 Å². The van der Waals surface area contributed by atoms with Crippen molar-refractivity contribution in [1.82, 2.24) is 0 Å². The normalized spacial score (nSPS) is 32.2. The molecule has 0 aliphatic carbocycles. The summed E-state index contributed by atoms with van der Waals surface area (Å²) in [5, 5.41) is 19.5. The lowest BCUT2D eigenvalue weighted by molar-refractivity contribution is -0.166. The molecule has 4 heteroatoms. The van der Waals surface area contributed by atoms with Gasteiger partial charge in [-0.3, -0.25) is 4.79 Å². The topological polar surface area (TPSA) is 57.5 Å². The van der Waals surface area contributed by atoms with E-state index in [0.717, 1.165) is 12.2 Å². The van der Waals surface area contributed by atoms with Crippen molar-refractivity contribution < 1.29 is 15.0 Å². The first-order chi connectivity index (χ1) is 6.46. The maximum atomic E-state index is 11.2. The lowest BCUT2D eigenvalue weighted by atomic mass is 9.70. The molecule has 1 aliphatic rings. The molecule has 2 N–H and O–H groups in total. The summed E-state index contributed by atoms with van der Waals surface area (Å²) in [6.45, 7) is 3.48. The molecule has 0 aromatic rings. The molecule has 0 spiro atoms. The number of carboxylic acid groups (broad SMARTS) is 1. The number of rotatable bonds is 3. The van der Waals surface area contributed by atoms with E-state index in [1.54, 1.807) is 18.7 Å². The maximum Gasteiger partial charge on any atom is 0.312 e. The van der Waals surface area contributed by atoms with Crippen molar-refractivity contribution in [3.8, 4) is 0 Å². The van der Waals surface area contributed by atoms with Gasteiger partial charge in [0, 0.05) is 5.75 Å². The van der Waals surface area contributed by atoms with Crippen LogP contribution in [0.4, 0.5) is 0 Å². The second-order valence-electron chi connectivity index (χ2n) is 4.18. The summed E-state index contributed by atoms with van der Waals surface area (Å²) in [4.78, 5) is 11.2. The van der Waals surface area contributed by atoms with Gasteiger partial charge in [-0.1, -0.05) is 6.92 Å². The van der Waals surface area contributed by atoms with Crippen LogP contribution in [0.3, 0.4) is 0 Å². The fraction of sp³-hybridized carbons (Fsp3) is 0.900. The second kappa shape index (κ2) is 4.11. The van der Waals surface area contributed by atoms with Crippen molar-refractivity contribution in [2.45, 2.75) is 38.7 Å². The Morgan fingerprint density at radius 3 is 2.64 bits per heavy atom. The first-order valence-corrected chi connectivity index (χ1v) is 6.15. The van der Waals surface area contributed by atoms with Gasteiger partial charge in [-0.15, -0.1) is 0 Å². The molecule has 0 bridgehead atoms. The van der Waals surface area contributed by atoms with Gasteiger partial charge in [0.25, 0.3) is 0 Å². The number of carboxylic acids is 1. The summed E-state index contributed by atoms with van der Waals surface area (Å²) in [6, 6.07) is 0. The van der Waals surface area contributed by atoms with Gasteiger partial charge in [-0.2, -0.15) is 11.8 Å². The molecule has 1 heterocycles. The Hall–Kier alpha value is -0.220. The highest BCUT2D eigenvalue weighted by Crippen LogP contribution is 2.43. The number of carbonyl (C=O) groups is 1. The van der Waals surface area contributed by atoms with Gasteiger partial charge in [0.15, 0.2) is 0 Å². The second-order valence-corrected chi connectivity index (χ2v) is 5.28. The number of aliphatic hydroxyl groups is 1. The van der Waals surface area contributed by atoms with Crippen LogP contribution in [0, 0.1) is 5.41 Å². The van der Waals surface area contributed by atoms with Gasteiger partial charge in [-0.05, 0) is 31.9 Å². The lowest BCUT2D eigenvalue weighted by Gasteiger charge is -2.43. The highest BCUT2D eigenvalue weighted by atomic mass is 32.2. The van der Waals surface area contributed by atoms with Gasteiger partial charge < -0.3 is 10.2 Å². The average molecular weight is 218 g/mol. The maximum absolute atomic E-state index is 11.2.